The molecule has 2 N–H and O–H groups in total. The first-order valence-electron chi connectivity index (χ1n) is 7.00. The van der Waals surface area contributed by atoms with Crippen molar-refractivity contribution < 1.29 is 0 Å². The van der Waals surface area contributed by atoms with Crippen molar-refractivity contribution in [2.45, 2.75) is 58.4 Å². The Hall–Kier alpha value is -0.760. The van der Waals surface area contributed by atoms with E-state index in [-0.39, 0.29) is 0 Å². The van der Waals surface area contributed by atoms with Crippen LogP contribution in [0.1, 0.15) is 52.4 Å². The fourth-order valence-electron chi connectivity index (χ4n) is 2.62. The van der Waals surface area contributed by atoms with Crippen LogP contribution in [0.2, 0.25) is 0 Å². The van der Waals surface area contributed by atoms with Gasteiger partial charge in [-0.25, -0.2) is 0 Å². The molecule has 1 fully saturated rings. The van der Waals surface area contributed by atoms with Gasteiger partial charge in [0.2, 0.25) is 0 Å². The second kappa shape index (κ2) is 7.54. The topological polar surface area (TPSA) is 29.3 Å². The van der Waals surface area contributed by atoms with Gasteiger partial charge in [0.05, 0.1) is 0 Å². The minimum absolute atomic E-state index is 0.758. The summed E-state index contributed by atoms with van der Waals surface area (Å²) in [6.45, 7) is 5.20. The van der Waals surface area contributed by atoms with Crippen molar-refractivity contribution in [1.29, 1.82) is 0 Å². The van der Waals surface area contributed by atoms with Gasteiger partial charge in [0, 0.05) is 18.3 Å². The van der Waals surface area contributed by atoms with E-state index in [9.17, 15) is 0 Å². The molecule has 0 aliphatic heterocycles. The van der Waals surface area contributed by atoms with Crippen molar-refractivity contribution in [1.82, 2.24) is 4.90 Å². The molecule has 0 aromatic rings. The molecule has 2 heteroatoms. The first-order valence-corrected chi connectivity index (χ1v) is 7.00. The van der Waals surface area contributed by atoms with Crippen molar-refractivity contribution >= 4 is 0 Å². The van der Waals surface area contributed by atoms with E-state index in [1.54, 1.807) is 0 Å². The summed E-state index contributed by atoms with van der Waals surface area (Å²) in [4.78, 5) is 2.48. The van der Waals surface area contributed by atoms with E-state index in [0.717, 1.165) is 24.7 Å². The molecule has 0 spiro atoms. The van der Waals surface area contributed by atoms with E-state index >= 15 is 0 Å². The maximum atomic E-state index is 6.08. The molecule has 0 unspecified atom stereocenters. The van der Waals surface area contributed by atoms with Crippen LogP contribution in [0.5, 0.6) is 0 Å². The number of allylic oxidation sites excluding steroid dienone is 2. The van der Waals surface area contributed by atoms with Gasteiger partial charge in [0.15, 0.2) is 0 Å². The first kappa shape index (κ1) is 14.3. The van der Waals surface area contributed by atoms with Crippen molar-refractivity contribution in [2.24, 2.45) is 5.73 Å². The van der Waals surface area contributed by atoms with Crippen molar-refractivity contribution in [3.63, 3.8) is 0 Å². The first-order chi connectivity index (χ1) is 8.19. The molecule has 0 heterocycles. The molecule has 2 nitrogen and oxygen atoms in total. The van der Waals surface area contributed by atoms with Crippen LogP contribution in [0.3, 0.4) is 0 Å². The number of likely N-dealkylation sites (N-methyl/N-ethyl adjacent to an activating group) is 1. The summed E-state index contributed by atoms with van der Waals surface area (Å²) in [5, 5.41) is 0. The Kier molecular flexibility index (Phi) is 6.35. The molecule has 0 bridgehead atoms. The van der Waals surface area contributed by atoms with Crippen LogP contribution in [-0.2, 0) is 0 Å². The molecule has 0 amide bonds. The fourth-order valence-corrected chi connectivity index (χ4v) is 2.62. The van der Waals surface area contributed by atoms with Crippen LogP contribution in [0.4, 0.5) is 0 Å². The smallest absolute Gasteiger partial charge is 0.0315 e. The average molecular weight is 236 g/mol. The highest BCUT2D eigenvalue weighted by atomic mass is 15.1. The van der Waals surface area contributed by atoms with Crippen LogP contribution >= 0.6 is 0 Å². The van der Waals surface area contributed by atoms with Crippen LogP contribution in [0.15, 0.2) is 23.4 Å². The SMILES string of the molecule is C/C=C(CN(C)C1CCCCC1)\C(N)=C/CC. The molecule has 0 atom stereocenters. The second-order valence-electron chi connectivity index (χ2n) is 5.09. The van der Waals surface area contributed by atoms with Crippen LogP contribution in [0.25, 0.3) is 0 Å². The summed E-state index contributed by atoms with van der Waals surface area (Å²) in [6.07, 6.45) is 12.2. The van der Waals surface area contributed by atoms with Gasteiger partial charge < -0.3 is 5.73 Å². The Balaban J connectivity index is 2.53. The van der Waals surface area contributed by atoms with Gasteiger partial charge in [0.1, 0.15) is 0 Å². The number of nitrogens with zero attached hydrogens (tertiary/aromatic N) is 1. The highest BCUT2D eigenvalue weighted by molar-refractivity contribution is 5.28. The normalized spacial score (nSPS) is 20.0. The van der Waals surface area contributed by atoms with Crippen molar-refractivity contribution in [3.05, 3.63) is 23.4 Å². The maximum Gasteiger partial charge on any atom is 0.0315 e. The molecule has 0 aromatic carbocycles. The molecule has 17 heavy (non-hydrogen) atoms. The van der Waals surface area contributed by atoms with Crippen molar-refractivity contribution in [3.8, 4) is 0 Å². The van der Waals surface area contributed by atoms with E-state index < -0.39 is 0 Å². The van der Waals surface area contributed by atoms with Crippen molar-refractivity contribution in [2.75, 3.05) is 13.6 Å². The Morgan fingerprint density at radius 1 is 1.29 bits per heavy atom. The molecule has 0 radical (unpaired) electrons. The zero-order chi connectivity index (χ0) is 12.7. The van der Waals surface area contributed by atoms with Gasteiger partial charge >= 0.3 is 0 Å². The number of nitrogens with two attached hydrogens (primary N) is 1. The standard InChI is InChI=1S/C15H28N2/c1-4-9-15(16)13(5-2)12-17(3)14-10-7-6-8-11-14/h5,9,14H,4,6-8,10-12,16H2,1-3H3/b13-5-,15-9+. The highest BCUT2D eigenvalue weighted by Crippen LogP contribution is 2.22. The van der Waals surface area contributed by atoms with Crippen LogP contribution < -0.4 is 5.73 Å². The lowest BCUT2D eigenvalue weighted by atomic mass is 9.94. The van der Waals surface area contributed by atoms with Gasteiger partial charge in [-0.2, -0.15) is 0 Å². The lowest BCUT2D eigenvalue weighted by Crippen LogP contribution is -2.35. The van der Waals surface area contributed by atoms with Crippen LogP contribution in [-0.4, -0.2) is 24.5 Å². The summed E-state index contributed by atoms with van der Waals surface area (Å²) >= 11 is 0. The predicted molar refractivity (Wildman–Crippen MR) is 75.8 cm³/mol. The number of hydrogen-bond donors (Lipinski definition) is 1. The zero-order valence-electron chi connectivity index (χ0n) is 11.7. The molecule has 1 aliphatic rings. The Morgan fingerprint density at radius 2 is 1.94 bits per heavy atom. The minimum Gasteiger partial charge on any atom is -0.399 e. The van der Waals surface area contributed by atoms with E-state index in [1.807, 2.05) is 0 Å². The molecule has 1 aliphatic carbocycles. The number of rotatable bonds is 5. The fraction of sp³-hybridized carbons (Fsp3) is 0.733. The largest absolute Gasteiger partial charge is 0.399 e. The van der Waals surface area contributed by atoms with Crippen LogP contribution in [0, 0.1) is 0 Å². The van der Waals surface area contributed by atoms with Gasteiger partial charge in [0.25, 0.3) is 0 Å². The minimum atomic E-state index is 0.758. The monoisotopic (exact) mass is 236 g/mol. The summed E-state index contributed by atoms with van der Waals surface area (Å²) in [7, 11) is 2.23. The Morgan fingerprint density at radius 3 is 2.47 bits per heavy atom. The van der Waals surface area contributed by atoms with E-state index in [2.05, 4.69) is 37.9 Å². The van der Waals surface area contributed by atoms with Gasteiger partial charge in [-0.3, -0.25) is 4.90 Å². The Labute approximate surface area is 107 Å². The summed E-state index contributed by atoms with van der Waals surface area (Å²) in [6, 6.07) is 0.758. The molecule has 98 valence electrons. The lowest BCUT2D eigenvalue weighted by molar-refractivity contribution is 0.206. The molecule has 1 saturated carbocycles. The highest BCUT2D eigenvalue weighted by Gasteiger charge is 2.18. The average Bonchev–Trinajstić information content (AvgIpc) is 2.37. The molecule has 1 rings (SSSR count). The third-order valence-electron chi connectivity index (χ3n) is 3.76. The predicted octanol–water partition coefficient (Wildman–Crippen LogP) is 3.45. The lowest BCUT2D eigenvalue weighted by Gasteiger charge is -2.31. The van der Waals surface area contributed by atoms with E-state index in [1.165, 1.54) is 37.7 Å². The zero-order valence-corrected chi connectivity index (χ0v) is 11.7. The third-order valence-corrected chi connectivity index (χ3v) is 3.76. The summed E-state index contributed by atoms with van der Waals surface area (Å²) < 4.78 is 0. The summed E-state index contributed by atoms with van der Waals surface area (Å²) in [5.74, 6) is 0. The van der Waals surface area contributed by atoms with Gasteiger partial charge in [-0.15, -0.1) is 0 Å². The third kappa shape index (κ3) is 4.55. The summed E-state index contributed by atoms with van der Waals surface area (Å²) in [5.41, 5.74) is 8.32. The molecular formula is C15H28N2. The molecule has 0 aromatic heterocycles. The van der Waals surface area contributed by atoms with E-state index in [4.69, 9.17) is 5.73 Å². The molecule has 0 saturated heterocycles. The number of hydrogen-bond acceptors (Lipinski definition) is 2. The van der Waals surface area contributed by atoms with E-state index in [0.29, 0.717) is 0 Å². The quantitative estimate of drug-likeness (QED) is 0.741. The molecular weight excluding hydrogens is 208 g/mol. The van der Waals surface area contributed by atoms with Gasteiger partial charge in [-0.1, -0.05) is 38.3 Å². The second-order valence-corrected chi connectivity index (χ2v) is 5.09. The van der Waals surface area contributed by atoms with Gasteiger partial charge in [-0.05, 0) is 38.8 Å². The maximum absolute atomic E-state index is 6.08. The Bertz CT molecular complexity index is 273.